The van der Waals surface area contributed by atoms with E-state index in [9.17, 15) is 13.2 Å². The van der Waals surface area contributed by atoms with E-state index in [0.717, 1.165) is 0 Å². The van der Waals surface area contributed by atoms with Gasteiger partial charge in [-0.3, -0.25) is 9.10 Å². The number of hydrogen-bond donors (Lipinski definition) is 1. The van der Waals surface area contributed by atoms with E-state index < -0.39 is 10.0 Å². The maximum absolute atomic E-state index is 12.3. The number of para-hydroxylation sites is 1. The van der Waals surface area contributed by atoms with Crippen molar-refractivity contribution in [2.75, 3.05) is 23.7 Å². The molecule has 23 heavy (non-hydrogen) atoms. The van der Waals surface area contributed by atoms with Crippen molar-refractivity contribution < 1.29 is 13.2 Å². The van der Waals surface area contributed by atoms with Gasteiger partial charge < -0.3 is 5.32 Å². The third kappa shape index (κ3) is 4.56. The van der Waals surface area contributed by atoms with Crippen molar-refractivity contribution in [1.82, 2.24) is 5.32 Å². The first-order chi connectivity index (χ1) is 10.9. The van der Waals surface area contributed by atoms with Gasteiger partial charge in [-0.15, -0.1) is 0 Å². The minimum Gasteiger partial charge on any atom is -0.351 e. The SMILES string of the molecule is CN(c1ccccc1)S(=O)(=O)CCNC(=O)c1ccccc1Br. The first-order valence-electron chi connectivity index (χ1n) is 6.96. The molecule has 0 aliphatic carbocycles. The molecular formula is C16H17BrN2O3S. The number of nitrogens with one attached hydrogen (secondary N) is 1. The third-order valence-corrected chi connectivity index (χ3v) is 5.76. The Hall–Kier alpha value is -1.86. The number of sulfonamides is 1. The van der Waals surface area contributed by atoms with Crippen LogP contribution in [0.2, 0.25) is 0 Å². The molecule has 0 saturated heterocycles. The van der Waals surface area contributed by atoms with Crippen LogP contribution in [0.5, 0.6) is 0 Å². The molecule has 2 rings (SSSR count). The third-order valence-electron chi connectivity index (χ3n) is 3.30. The lowest BCUT2D eigenvalue weighted by Crippen LogP contribution is -2.35. The highest BCUT2D eigenvalue weighted by Gasteiger charge is 2.18. The van der Waals surface area contributed by atoms with Crippen LogP contribution < -0.4 is 9.62 Å². The molecule has 122 valence electrons. The number of benzene rings is 2. The molecule has 2 aromatic rings. The summed E-state index contributed by atoms with van der Waals surface area (Å²) in [7, 11) is -1.99. The molecule has 1 amide bonds. The Morgan fingerprint density at radius 1 is 1.09 bits per heavy atom. The average Bonchev–Trinajstić information content (AvgIpc) is 2.55. The largest absolute Gasteiger partial charge is 0.351 e. The maximum Gasteiger partial charge on any atom is 0.252 e. The second-order valence-electron chi connectivity index (χ2n) is 4.85. The molecule has 0 fully saturated rings. The number of hydrogen-bond acceptors (Lipinski definition) is 3. The van der Waals surface area contributed by atoms with E-state index in [1.54, 1.807) is 48.5 Å². The lowest BCUT2D eigenvalue weighted by atomic mass is 10.2. The Morgan fingerprint density at radius 3 is 2.35 bits per heavy atom. The summed E-state index contributed by atoms with van der Waals surface area (Å²) >= 11 is 3.29. The maximum atomic E-state index is 12.3. The van der Waals surface area contributed by atoms with Crippen LogP contribution in [0.3, 0.4) is 0 Å². The normalized spacial score (nSPS) is 11.0. The number of anilines is 1. The molecule has 0 aliphatic heterocycles. The Morgan fingerprint density at radius 2 is 1.70 bits per heavy atom. The Balaban J connectivity index is 1.95. The Kier molecular flexibility index (Phi) is 5.79. The first kappa shape index (κ1) is 17.5. The number of carbonyl (C=O) groups excluding carboxylic acids is 1. The van der Waals surface area contributed by atoms with Crippen LogP contribution in [0.1, 0.15) is 10.4 Å². The molecule has 0 spiro atoms. The zero-order valence-electron chi connectivity index (χ0n) is 12.6. The smallest absolute Gasteiger partial charge is 0.252 e. The summed E-state index contributed by atoms with van der Waals surface area (Å²) in [6.45, 7) is 0.0413. The van der Waals surface area contributed by atoms with E-state index in [2.05, 4.69) is 21.2 Å². The monoisotopic (exact) mass is 396 g/mol. The van der Waals surface area contributed by atoms with Crippen molar-refractivity contribution in [3.63, 3.8) is 0 Å². The van der Waals surface area contributed by atoms with Crippen LogP contribution in [0.15, 0.2) is 59.1 Å². The topological polar surface area (TPSA) is 66.5 Å². The van der Waals surface area contributed by atoms with E-state index in [-0.39, 0.29) is 18.2 Å². The van der Waals surface area contributed by atoms with Crippen molar-refractivity contribution in [2.24, 2.45) is 0 Å². The Labute approximate surface area is 144 Å². The fraction of sp³-hybridized carbons (Fsp3) is 0.188. The summed E-state index contributed by atoms with van der Waals surface area (Å²) in [5.41, 5.74) is 1.06. The highest BCUT2D eigenvalue weighted by atomic mass is 79.9. The second kappa shape index (κ2) is 7.61. The summed E-state index contributed by atoms with van der Waals surface area (Å²) in [5.74, 6) is -0.482. The minimum absolute atomic E-state index is 0.0413. The van der Waals surface area contributed by atoms with Crippen LogP contribution in [-0.4, -0.2) is 33.7 Å². The van der Waals surface area contributed by atoms with Crippen molar-refractivity contribution in [3.05, 3.63) is 64.6 Å². The quantitative estimate of drug-likeness (QED) is 0.815. The van der Waals surface area contributed by atoms with Crippen molar-refractivity contribution in [1.29, 1.82) is 0 Å². The summed E-state index contributed by atoms with van der Waals surface area (Å²) in [5, 5.41) is 2.63. The predicted molar refractivity (Wildman–Crippen MR) is 95.1 cm³/mol. The number of carbonyl (C=O) groups is 1. The van der Waals surface area contributed by atoms with Crippen molar-refractivity contribution >= 4 is 37.5 Å². The number of halogens is 1. The van der Waals surface area contributed by atoms with E-state index in [0.29, 0.717) is 15.7 Å². The molecule has 0 unspecified atom stereocenters. The lowest BCUT2D eigenvalue weighted by Gasteiger charge is -2.19. The molecule has 0 atom stereocenters. The lowest BCUT2D eigenvalue weighted by molar-refractivity contribution is 0.0955. The van der Waals surface area contributed by atoms with Crippen LogP contribution in [0.25, 0.3) is 0 Å². The summed E-state index contributed by atoms with van der Waals surface area (Å²) in [6.07, 6.45) is 0. The van der Waals surface area contributed by atoms with Gasteiger partial charge in [0.05, 0.1) is 17.0 Å². The number of amides is 1. The van der Waals surface area contributed by atoms with E-state index in [1.807, 2.05) is 6.07 Å². The zero-order valence-corrected chi connectivity index (χ0v) is 15.0. The summed E-state index contributed by atoms with van der Waals surface area (Å²) in [4.78, 5) is 12.0. The number of rotatable bonds is 6. The fourth-order valence-corrected chi connectivity index (χ4v) is 3.51. The fourth-order valence-electron chi connectivity index (χ4n) is 1.97. The highest BCUT2D eigenvalue weighted by Crippen LogP contribution is 2.16. The number of nitrogens with zero attached hydrogens (tertiary/aromatic N) is 1. The molecular weight excluding hydrogens is 380 g/mol. The van der Waals surface area contributed by atoms with Gasteiger partial charge >= 0.3 is 0 Å². The summed E-state index contributed by atoms with van der Waals surface area (Å²) in [6, 6.07) is 15.8. The van der Waals surface area contributed by atoms with Gasteiger partial charge in [0.25, 0.3) is 5.91 Å². The van der Waals surface area contributed by atoms with Crippen molar-refractivity contribution in [3.8, 4) is 0 Å². The molecule has 7 heteroatoms. The van der Waals surface area contributed by atoms with Crippen LogP contribution in [-0.2, 0) is 10.0 Å². The molecule has 0 heterocycles. The molecule has 0 aliphatic rings. The predicted octanol–water partition coefficient (Wildman–Crippen LogP) is 2.65. The highest BCUT2D eigenvalue weighted by molar-refractivity contribution is 9.10. The molecule has 0 aromatic heterocycles. The molecule has 0 saturated carbocycles. The van der Waals surface area contributed by atoms with Gasteiger partial charge in [0, 0.05) is 18.1 Å². The summed E-state index contributed by atoms with van der Waals surface area (Å²) < 4.78 is 26.5. The molecule has 0 radical (unpaired) electrons. The second-order valence-corrected chi connectivity index (χ2v) is 7.83. The van der Waals surface area contributed by atoms with Crippen LogP contribution in [0, 0.1) is 0 Å². The van der Waals surface area contributed by atoms with Gasteiger partial charge in [0.2, 0.25) is 10.0 Å². The van der Waals surface area contributed by atoms with Crippen LogP contribution in [0.4, 0.5) is 5.69 Å². The molecule has 1 N–H and O–H groups in total. The van der Waals surface area contributed by atoms with Crippen molar-refractivity contribution in [2.45, 2.75) is 0 Å². The minimum atomic E-state index is -3.49. The van der Waals surface area contributed by atoms with E-state index in [4.69, 9.17) is 0 Å². The van der Waals surface area contributed by atoms with Gasteiger partial charge in [-0.1, -0.05) is 30.3 Å². The molecule has 0 bridgehead atoms. The molecule has 2 aromatic carbocycles. The van der Waals surface area contributed by atoms with Gasteiger partial charge in [-0.05, 0) is 40.2 Å². The van der Waals surface area contributed by atoms with E-state index in [1.165, 1.54) is 11.4 Å². The zero-order chi connectivity index (χ0) is 16.9. The van der Waals surface area contributed by atoms with Gasteiger partial charge in [0.15, 0.2) is 0 Å². The van der Waals surface area contributed by atoms with Gasteiger partial charge in [-0.25, -0.2) is 8.42 Å². The van der Waals surface area contributed by atoms with E-state index >= 15 is 0 Å². The first-order valence-corrected chi connectivity index (χ1v) is 9.36. The standard InChI is InChI=1S/C16H17BrN2O3S/c1-19(13-7-3-2-4-8-13)23(21,22)12-11-18-16(20)14-9-5-6-10-15(14)17/h2-10H,11-12H2,1H3,(H,18,20). The van der Waals surface area contributed by atoms with Gasteiger partial charge in [-0.2, -0.15) is 0 Å². The van der Waals surface area contributed by atoms with Crippen LogP contribution >= 0.6 is 15.9 Å². The Bertz CT molecular complexity index is 779. The average molecular weight is 397 g/mol. The molecule has 5 nitrogen and oxygen atoms in total. The van der Waals surface area contributed by atoms with Gasteiger partial charge in [0.1, 0.15) is 0 Å².